The summed E-state index contributed by atoms with van der Waals surface area (Å²) in [6.07, 6.45) is 2.63. The van der Waals surface area contributed by atoms with Gasteiger partial charge in [0.15, 0.2) is 0 Å². The summed E-state index contributed by atoms with van der Waals surface area (Å²) in [5.74, 6) is -0.119. The third-order valence-corrected chi connectivity index (χ3v) is 2.40. The van der Waals surface area contributed by atoms with Crippen LogP contribution in [0, 0.1) is 0 Å². The van der Waals surface area contributed by atoms with Gasteiger partial charge in [-0.25, -0.2) is 0 Å². The molecule has 2 atom stereocenters. The van der Waals surface area contributed by atoms with Crippen LogP contribution in [0.3, 0.4) is 0 Å². The highest BCUT2D eigenvalue weighted by Crippen LogP contribution is 1.98. The van der Waals surface area contributed by atoms with Gasteiger partial charge in [0.05, 0.1) is 18.8 Å². The SMILES string of the molecule is CCCC[C@H](N)C(=O)NCC(COC)OC. The van der Waals surface area contributed by atoms with E-state index in [0.29, 0.717) is 13.2 Å². The summed E-state index contributed by atoms with van der Waals surface area (Å²) in [4.78, 5) is 11.5. The molecule has 0 fully saturated rings. The van der Waals surface area contributed by atoms with Crippen molar-refractivity contribution < 1.29 is 14.3 Å². The molecule has 0 aliphatic heterocycles. The van der Waals surface area contributed by atoms with Crippen LogP contribution in [0.25, 0.3) is 0 Å². The molecule has 1 unspecified atom stereocenters. The Morgan fingerprint density at radius 1 is 1.44 bits per heavy atom. The Bertz CT molecular complexity index is 188. The molecule has 0 aromatic heterocycles. The highest BCUT2D eigenvalue weighted by molar-refractivity contribution is 5.81. The van der Waals surface area contributed by atoms with Crippen LogP contribution in [0.4, 0.5) is 0 Å². The lowest BCUT2D eigenvalue weighted by atomic mass is 10.1. The summed E-state index contributed by atoms with van der Waals surface area (Å²) in [5.41, 5.74) is 5.72. The van der Waals surface area contributed by atoms with E-state index in [1.54, 1.807) is 14.2 Å². The van der Waals surface area contributed by atoms with E-state index in [-0.39, 0.29) is 12.0 Å². The molecule has 16 heavy (non-hydrogen) atoms. The Morgan fingerprint density at radius 2 is 2.12 bits per heavy atom. The third-order valence-electron chi connectivity index (χ3n) is 2.40. The Morgan fingerprint density at radius 3 is 2.62 bits per heavy atom. The number of hydrogen-bond acceptors (Lipinski definition) is 4. The molecule has 0 saturated carbocycles. The summed E-state index contributed by atoms with van der Waals surface area (Å²) in [7, 11) is 3.19. The molecule has 0 bridgehead atoms. The van der Waals surface area contributed by atoms with Gasteiger partial charge in [0, 0.05) is 20.8 Å². The Hall–Kier alpha value is -0.650. The molecule has 0 aromatic carbocycles. The number of methoxy groups -OCH3 is 2. The Labute approximate surface area is 97.7 Å². The van der Waals surface area contributed by atoms with Crippen molar-refractivity contribution in [3.8, 4) is 0 Å². The zero-order valence-corrected chi connectivity index (χ0v) is 10.5. The molecule has 1 amide bonds. The van der Waals surface area contributed by atoms with Gasteiger partial charge in [-0.15, -0.1) is 0 Å². The zero-order chi connectivity index (χ0) is 12.4. The maximum atomic E-state index is 11.5. The minimum absolute atomic E-state index is 0.118. The molecule has 0 aliphatic rings. The fourth-order valence-corrected chi connectivity index (χ4v) is 1.30. The van der Waals surface area contributed by atoms with Crippen LogP contribution in [0.2, 0.25) is 0 Å². The van der Waals surface area contributed by atoms with Crippen LogP contribution in [-0.2, 0) is 14.3 Å². The lowest BCUT2D eigenvalue weighted by Gasteiger charge is -2.17. The van der Waals surface area contributed by atoms with Crippen molar-refractivity contribution in [1.29, 1.82) is 0 Å². The molecular formula is C11H24N2O3. The zero-order valence-electron chi connectivity index (χ0n) is 10.5. The number of carbonyl (C=O) groups is 1. The molecule has 5 heteroatoms. The number of hydrogen-bond donors (Lipinski definition) is 2. The highest BCUT2D eigenvalue weighted by atomic mass is 16.5. The van der Waals surface area contributed by atoms with Crippen LogP contribution in [-0.4, -0.2) is 45.4 Å². The fourth-order valence-electron chi connectivity index (χ4n) is 1.30. The van der Waals surface area contributed by atoms with Gasteiger partial charge < -0.3 is 20.5 Å². The van der Waals surface area contributed by atoms with Crippen LogP contribution in [0.1, 0.15) is 26.2 Å². The predicted octanol–water partition coefficient (Wildman–Crippen LogP) is 0.282. The van der Waals surface area contributed by atoms with Gasteiger partial charge in [-0.2, -0.15) is 0 Å². The van der Waals surface area contributed by atoms with E-state index < -0.39 is 6.04 Å². The average molecular weight is 232 g/mol. The van der Waals surface area contributed by atoms with Gasteiger partial charge in [-0.1, -0.05) is 19.8 Å². The van der Waals surface area contributed by atoms with E-state index in [9.17, 15) is 4.79 Å². The first-order valence-corrected chi connectivity index (χ1v) is 5.70. The summed E-state index contributed by atoms with van der Waals surface area (Å²) < 4.78 is 10.1. The van der Waals surface area contributed by atoms with Crippen molar-refractivity contribution in [2.24, 2.45) is 5.73 Å². The minimum Gasteiger partial charge on any atom is -0.382 e. The van der Waals surface area contributed by atoms with Crippen LogP contribution in [0.5, 0.6) is 0 Å². The molecule has 0 radical (unpaired) electrons. The molecular weight excluding hydrogens is 208 g/mol. The molecule has 0 aliphatic carbocycles. The second kappa shape index (κ2) is 9.57. The lowest BCUT2D eigenvalue weighted by Crippen LogP contribution is -2.44. The van der Waals surface area contributed by atoms with Crippen molar-refractivity contribution in [3.63, 3.8) is 0 Å². The van der Waals surface area contributed by atoms with Gasteiger partial charge in [0.2, 0.25) is 5.91 Å². The van der Waals surface area contributed by atoms with Crippen molar-refractivity contribution in [1.82, 2.24) is 5.32 Å². The number of rotatable bonds is 9. The van der Waals surface area contributed by atoms with Crippen LogP contribution in [0.15, 0.2) is 0 Å². The maximum Gasteiger partial charge on any atom is 0.237 e. The standard InChI is InChI=1S/C11H24N2O3/c1-4-5-6-10(12)11(14)13-7-9(16-3)8-15-2/h9-10H,4-8,12H2,1-3H3,(H,13,14)/t9?,10-/m0/s1. The van der Waals surface area contributed by atoms with Gasteiger partial charge in [-0.05, 0) is 6.42 Å². The van der Waals surface area contributed by atoms with Crippen molar-refractivity contribution in [3.05, 3.63) is 0 Å². The molecule has 0 aromatic rings. The monoisotopic (exact) mass is 232 g/mol. The minimum atomic E-state index is -0.417. The van der Waals surface area contributed by atoms with E-state index >= 15 is 0 Å². The predicted molar refractivity (Wildman–Crippen MR) is 63.2 cm³/mol. The largest absolute Gasteiger partial charge is 0.382 e. The summed E-state index contributed by atoms with van der Waals surface area (Å²) >= 11 is 0. The van der Waals surface area contributed by atoms with Gasteiger partial charge in [-0.3, -0.25) is 4.79 Å². The number of ether oxygens (including phenoxy) is 2. The summed E-state index contributed by atoms with van der Waals surface area (Å²) in [6.45, 7) is 2.97. The Kier molecular flexibility index (Phi) is 9.18. The summed E-state index contributed by atoms with van der Waals surface area (Å²) in [5, 5.41) is 2.76. The van der Waals surface area contributed by atoms with Crippen molar-refractivity contribution >= 4 is 5.91 Å². The number of nitrogens with one attached hydrogen (secondary N) is 1. The average Bonchev–Trinajstić information content (AvgIpc) is 2.30. The molecule has 0 rings (SSSR count). The van der Waals surface area contributed by atoms with Gasteiger partial charge >= 0.3 is 0 Å². The Balaban J connectivity index is 3.76. The molecule has 0 spiro atoms. The highest BCUT2D eigenvalue weighted by Gasteiger charge is 2.14. The number of unbranched alkanes of at least 4 members (excludes halogenated alkanes) is 1. The van der Waals surface area contributed by atoms with E-state index in [1.807, 2.05) is 0 Å². The van der Waals surface area contributed by atoms with Gasteiger partial charge in [0.1, 0.15) is 0 Å². The molecule has 0 saturated heterocycles. The first kappa shape index (κ1) is 15.3. The quantitative estimate of drug-likeness (QED) is 0.599. The van der Waals surface area contributed by atoms with Crippen molar-refractivity contribution in [2.45, 2.75) is 38.3 Å². The molecule has 96 valence electrons. The second-order valence-corrected chi connectivity index (χ2v) is 3.81. The van der Waals surface area contributed by atoms with E-state index in [1.165, 1.54) is 0 Å². The topological polar surface area (TPSA) is 73.6 Å². The smallest absolute Gasteiger partial charge is 0.237 e. The van der Waals surface area contributed by atoms with E-state index in [0.717, 1.165) is 19.3 Å². The van der Waals surface area contributed by atoms with E-state index in [2.05, 4.69) is 12.2 Å². The first-order valence-electron chi connectivity index (χ1n) is 5.70. The number of amides is 1. The van der Waals surface area contributed by atoms with Crippen molar-refractivity contribution in [2.75, 3.05) is 27.4 Å². The molecule has 3 N–H and O–H groups in total. The second-order valence-electron chi connectivity index (χ2n) is 3.81. The maximum absolute atomic E-state index is 11.5. The normalized spacial score (nSPS) is 14.5. The number of carbonyl (C=O) groups excluding carboxylic acids is 1. The lowest BCUT2D eigenvalue weighted by molar-refractivity contribution is -0.123. The molecule has 0 heterocycles. The fraction of sp³-hybridized carbons (Fsp3) is 0.909. The summed E-state index contributed by atoms with van der Waals surface area (Å²) in [6, 6.07) is -0.417. The van der Waals surface area contributed by atoms with Crippen LogP contribution < -0.4 is 11.1 Å². The van der Waals surface area contributed by atoms with Gasteiger partial charge in [0.25, 0.3) is 0 Å². The number of nitrogens with two attached hydrogens (primary N) is 1. The van der Waals surface area contributed by atoms with E-state index in [4.69, 9.17) is 15.2 Å². The van der Waals surface area contributed by atoms with Crippen LogP contribution >= 0.6 is 0 Å². The third kappa shape index (κ3) is 6.76. The molecule has 5 nitrogen and oxygen atoms in total. The first-order chi connectivity index (χ1) is 7.65.